The van der Waals surface area contributed by atoms with Crippen molar-refractivity contribution in [1.29, 1.82) is 0 Å². The van der Waals surface area contributed by atoms with Crippen LogP contribution in [0.15, 0.2) is 23.3 Å². The van der Waals surface area contributed by atoms with Crippen LogP contribution in [0.25, 0.3) is 11.0 Å². The minimum Gasteiger partial charge on any atom is -0.305 e. The molecule has 0 aliphatic carbocycles. The Labute approximate surface area is 93.5 Å². The maximum Gasteiger partial charge on any atom is 0.406 e. The Morgan fingerprint density at radius 2 is 2.12 bits per heavy atom. The van der Waals surface area contributed by atoms with Crippen LogP contribution in [0.5, 0.6) is 0 Å². The summed E-state index contributed by atoms with van der Waals surface area (Å²) in [5.41, 5.74) is -0.283. The van der Waals surface area contributed by atoms with E-state index in [0.29, 0.717) is 10.1 Å². The van der Waals surface area contributed by atoms with Crippen molar-refractivity contribution in [3.63, 3.8) is 0 Å². The van der Waals surface area contributed by atoms with Gasteiger partial charge >= 0.3 is 11.9 Å². The van der Waals surface area contributed by atoms with Crippen molar-refractivity contribution in [2.75, 3.05) is 0 Å². The van der Waals surface area contributed by atoms with Gasteiger partial charge in [0.15, 0.2) is 0 Å². The maximum absolute atomic E-state index is 12.1. The molecule has 0 aromatic carbocycles. The average molecular weight is 254 g/mol. The van der Waals surface area contributed by atoms with E-state index in [0.717, 1.165) is 0 Å². The second kappa shape index (κ2) is 4.17. The largest absolute Gasteiger partial charge is 0.406 e. The molecule has 0 aliphatic rings. The predicted molar refractivity (Wildman–Crippen MR) is 53.7 cm³/mol. The third-order valence-corrected chi connectivity index (χ3v) is 1.91. The van der Waals surface area contributed by atoms with E-state index in [-0.39, 0.29) is 17.9 Å². The number of nitrogens with one attached hydrogen (secondary N) is 1. The molecule has 0 saturated heterocycles. The second-order valence-corrected chi connectivity index (χ2v) is 3.02. The molecule has 16 heavy (non-hydrogen) atoms. The quantitative estimate of drug-likeness (QED) is 0.841. The summed E-state index contributed by atoms with van der Waals surface area (Å²) in [6.07, 6.45) is -1.80. The highest BCUT2D eigenvalue weighted by atomic mass is 35.5. The molecule has 2 rings (SSSR count). The first-order valence-electron chi connectivity index (χ1n) is 4.07. The molecule has 1 N–H and O–H groups in total. The van der Waals surface area contributed by atoms with Gasteiger partial charge in [0, 0.05) is 6.20 Å². The third kappa shape index (κ3) is 2.35. The topological polar surface area (TPSA) is 50.7 Å². The first kappa shape index (κ1) is 12.6. The van der Waals surface area contributed by atoms with Gasteiger partial charge in [-0.3, -0.25) is 9.55 Å². The number of fused-ring (bicyclic) bond motifs is 1. The minimum absolute atomic E-state index is 0. The lowest BCUT2D eigenvalue weighted by atomic mass is 10.4. The van der Waals surface area contributed by atoms with Gasteiger partial charge < -0.3 is 4.98 Å². The predicted octanol–water partition coefficient (Wildman–Crippen LogP) is 1.71. The summed E-state index contributed by atoms with van der Waals surface area (Å²) < 4.78 is 37.0. The van der Waals surface area contributed by atoms with Crippen molar-refractivity contribution < 1.29 is 13.2 Å². The van der Waals surface area contributed by atoms with Crippen LogP contribution in [0.4, 0.5) is 13.2 Å². The number of pyridine rings is 1. The van der Waals surface area contributed by atoms with E-state index in [4.69, 9.17) is 0 Å². The van der Waals surface area contributed by atoms with E-state index in [1.807, 2.05) is 0 Å². The van der Waals surface area contributed by atoms with Crippen molar-refractivity contribution in [1.82, 2.24) is 14.5 Å². The van der Waals surface area contributed by atoms with Crippen molar-refractivity contribution in [3.8, 4) is 0 Å². The Hall–Kier alpha value is -1.50. The van der Waals surface area contributed by atoms with Gasteiger partial charge in [-0.1, -0.05) is 0 Å². The van der Waals surface area contributed by atoms with Gasteiger partial charge in [-0.05, 0) is 6.07 Å². The number of alkyl halides is 3. The lowest BCUT2D eigenvalue weighted by Crippen LogP contribution is -2.26. The number of aromatic amines is 1. The Kier molecular flexibility index (Phi) is 3.27. The number of hydrogen-bond donors (Lipinski definition) is 1. The number of halogens is 4. The van der Waals surface area contributed by atoms with Crippen molar-refractivity contribution in [2.24, 2.45) is 0 Å². The van der Waals surface area contributed by atoms with Crippen LogP contribution in [0.1, 0.15) is 0 Å². The third-order valence-electron chi connectivity index (χ3n) is 1.91. The van der Waals surface area contributed by atoms with Gasteiger partial charge in [0.05, 0.1) is 17.2 Å². The van der Waals surface area contributed by atoms with E-state index >= 15 is 0 Å². The molecule has 2 aromatic heterocycles. The van der Waals surface area contributed by atoms with E-state index < -0.39 is 18.4 Å². The van der Waals surface area contributed by atoms with Gasteiger partial charge in [0.2, 0.25) is 0 Å². The number of rotatable bonds is 1. The van der Waals surface area contributed by atoms with Gasteiger partial charge in [-0.25, -0.2) is 4.79 Å². The summed E-state index contributed by atoms with van der Waals surface area (Å²) in [4.78, 5) is 17.2. The fraction of sp³-hybridized carbons (Fsp3) is 0.250. The standard InChI is InChI=1S/C8H6F3N3O.ClH/c9-8(10,11)4-14-6-3-12-2-1-5(6)13-7(14)15;/h1-3H,4H2,(H,13,15);1H. The molecule has 0 saturated carbocycles. The Balaban J connectivity index is 0.00000128. The van der Waals surface area contributed by atoms with E-state index in [2.05, 4.69) is 9.97 Å². The molecule has 0 bridgehead atoms. The van der Waals surface area contributed by atoms with Crippen molar-refractivity contribution >= 4 is 23.4 Å². The number of hydrogen-bond acceptors (Lipinski definition) is 2. The first-order valence-corrected chi connectivity index (χ1v) is 4.07. The van der Waals surface area contributed by atoms with E-state index in [9.17, 15) is 18.0 Å². The number of nitrogens with zero attached hydrogens (tertiary/aromatic N) is 2. The van der Waals surface area contributed by atoms with Crippen LogP contribution in [-0.4, -0.2) is 20.7 Å². The molecular weight excluding hydrogens is 247 g/mol. The Morgan fingerprint density at radius 1 is 1.44 bits per heavy atom. The molecule has 0 spiro atoms. The van der Waals surface area contributed by atoms with Crippen molar-refractivity contribution in [2.45, 2.75) is 12.7 Å². The number of imidazole rings is 1. The van der Waals surface area contributed by atoms with Crippen LogP contribution in [0.2, 0.25) is 0 Å². The van der Waals surface area contributed by atoms with Gasteiger partial charge in [-0.2, -0.15) is 13.2 Å². The lowest BCUT2D eigenvalue weighted by Gasteiger charge is -2.06. The SMILES string of the molecule is Cl.O=c1[nH]c2ccncc2n1CC(F)(F)F. The molecule has 2 heterocycles. The molecule has 4 nitrogen and oxygen atoms in total. The minimum atomic E-state index is -4.42. The summed E-state index contributed by atoms with van der Waals surface area (Å²) in [6, 6.07) is 1.45. The molecule has 88 valence electrons. The summed E-state index contributed by atoms with van der Waals surface area (Å²) in [5, 5.41) is 0. The van der Waals surface area contributed by atoms with Gasteiger partial charge in [0.1, 0.15) is 6.54 Å². The zero-order valence-corrected chi connectivity index (χ0v) is 8.60. The van der Waals surface area contributed by atoms with E-state index in [1.165, 1.54) is 18.5 Å². The molecule has 0 amide bonds. The smallest absolute Gasteiger partial charge is 0.305 e. The van der Waals surface area contributed by atoms with Crippen LogP contribution >= 0.6 is 12.4 Å². The fourth-order valence-electron chi connectivity index (χ4n) is 1.34. The van der Waals surface area contributed by atoms with Crippen LogP contribution in [0, 0.1) is 0 Å². The Bertz CT molecular complexity index is 545. The lowest BCUT2D eigenvalue weighted by molar-refractivity contribution is -0.140. The van der Waals surface area contributed by atoms with Crippen LogP contribution in [0.3, 0.4) is 0 Å². The summed E-state index contributed by atoms with van der Waals surface area (Å²) in [6.45, 7) is -1.31. The normalized spacial score (nSPS) is 11.4. The highest BCUT2D eigenvalue weighted by molar-refractivity contribution is 5.85. The molecule has 8 heteroatoms. The highest BCUT2D eigenvalue weighted by Crippen LogP contribution is 2.18. The molecule has 0 fully saturated rings. The van der Waals surface area contributed by atoms with Crippen LogP contribution < -0.4 is 5.69 Å². The molecule has 0 unspecified atom stereocenters. The summed E-state index contributed by atoms with van der Waals surface area (Å²) in [5.74, 6) is 0. The molecule has 0 radical (unpaired) electrons. The van der Waals surface area contributed by atoms with E-state index in [1.54, 1.807) is 0 Å². The molecule has 0 aliphatic heterocycles. The first-order chi connectivity index (χ1) is 6.97. The molecule has 2 aromatic rings. The summed E-state index contributed by atoms with van der Waals surface area (Å²) in [7, 11) is 0. The molecule has 0 atom stereocenters. The van der Waals surface area contributed by atoms with Crippen LogP contribution in [-0.2, 0) is 6.54 Å². The molecular formula is C8H7ClF3N3O. The zero-order valence-electron chi connectivity index (χ0n) is 7.78. The second-order valence-electron chi connectivity index (χ2n) is 3.02. The van der Waals surface area contributed by atoms with Gasteiger partial charge in [0.25, 0.3) is 0 Å². The highest BCUT2D eigenvalue weighted by Gasteiger charge is 2.29. The number of H-pyrrole nitrogens is 1. The van der Waals surface area contributed by atoms with Crippen molar-refractivity contribution in [3.05, 3.63) is 28.9 Å². The average Bonchev–Trinajstić information content (AvgIpc) is 2.41. The monoisotopic (exact) mass is 253 g/mol. The fourth-order valence-corrected chi connectivity index (χ4v) is 1.34. The van der Waals surface area contributed by atoms with Gasteiger partial charge in [-0.15, -0.1) is 12.4 Å². The zero-order chi connectivity index (χ0) is 11.1. The Morgan fingerprint density at radius 3 is 2.75 bits per heavy atom. The summed E-state index contributed by atoms with van der Waals surface area (Å²) >= 11 is 0. The maximum atomic E-state index is 12.1. The number of aromatic nitrogens is 3.